The number of hydrogen-bond donors (Lipinski definition) is 2. The minimum Gasteiger partial charge on any atom is -0.480 e. The molecule has 0 aliphatic carbocycles. The maximum Gasteiger partial charge on any atom is 0.326 e. The summed E-state index contributed by atoms with van der Waals surface area (Å²) in [5.41, 5.74) is 1.000. The number of rotatable bonds is 9. The Morgan fingerprint density at radius 2 is 2.20 bits per heavy atom. The third kappa shape index (κ3) is 6.14. The third-order valence-electron chi connectivity index (χ3n) is 2.94. The van der Waals surface area contributed by atoms with Crippen molar-refractivity contribution in [3.05, 3.63) is 16.1 Å². The van der Waals surface area contributed by atoms with Gasteiger partial charge in [0.05, 0.1) is 5.01 Å². The molecule has 112 valence electrons. The molecular formula is C14H22N2O3S. The van der Waals surface area contributed by atoms with Gasteiger partial charge in [-0.2, -0.15) is 0 Å². The predicted molar refractivity (Wildman–Crippen MR) is 78.9 cm³/mol. The largest absolute Gasteiger partial charge is 0.480 e. The number of hydrogen-bond acceptors (Lipinski definition) is 4. The monoisotopic (exact) mass is 298 g/mol. The van der Waals surface area contributed by atoms with Crippen molar-refractivity contribution in [1.29, 1.82) is 0 Å². The van der Waals surface area contributed by atoms with Gasteiger partial charge in [0.1, 0.15) is 6.04 Å². The van der Waals surface area contributed by atoms with E-state index in [1.807, 2.05) is 19.2 Å². The molecule has 0 spiro atoms. The standard InChI is InChI=1S/C14H22N2O3S/c1-3-4-6-11(14(18)19)16-12(17)7-5-8-13-15-10(2)9-20-13/h9,11H,3-8H2,1-2H3,(H,16,17)(H,18,19)/t11-/m0/s1. The van der Waals surface area contributed by atoms with Crippen molar-refractivity contribution in [2.75, 3.05) is 0 Å². The second-order valence-corrected chi connectivity index (χ2v) is 5.78. The van der Waals surface area contributed by atoms with Crippen LogP contribution in [-0.4, -0.2) is 28.0 Å². The van der Waals surface area contributed by atoms with Crippen molar-refractivity contribution in [3.63, 3.8) is 0 Å². The average Bonchev–Trinajstić information content (AvgIpc) is 2.80. The molecule has 2 N–H and O–H groups in total. The van der Waals surface area contributed by atoms with Gasteiger partial charge in [0.15, 0.2) is 0 Å². The third-order valence-corrected chi connectivity index (χ3v) is 3.97. The Morgan fingerprint density at radius 1 is 1.45 bits per heavy atom. The number of carboxylic acid groups (broad SMARTS) is 1. The van der Waals surface area contributed by atoms with Gasteiger partial charge in [0.2, 0.25) is 5.91 Å². The van der Waals surface area contributed by atoms with Crippen molar-refractivity contribution in [2.45, 2.75) is 58.4 Å². The van der Waals surface area contributed by atoms with Crippen molar-refractivity contribution >= 4 is 23.2 Å². The quantitative estimate of drug-likeness (QED) is 0.734. The molecule has 0 fully saturated rings. The van der Waals surface area contributed by atoms with Crippen LogP contribution in [0.5, 0.6) is 0 Å². The molecule has 20 heavy (non-hydrogen) atoms. The van der Waals surface area contributed by atoms with E-state index >= 15 is 0 Å². The fourth-order valence-electron chi connectivity index (χ4n) is 1.85. The molecule has 0 aliphatic rings. The van der Waals surface area contributed by atoms with Crippen LogP contribution in [0.15, 0.2) is 5.38 Å². The van der Waals surface area contributed by atoms with E-state index < -0.39 is 12.0 Å². The van der Waals surface area contributed by atoms with Gasteiger partial charge in [-0.15, -0.1) is 11.3 Å². The van der Waals surface area contributed by atoms with E-state index in [1.165, 1.54) is 0 Å². The lowest BCUT2D eigenvalue weighted by atomic mass is 10.1. The smallest absolute Gasteiger partial charge is 0.326 e. The summed E-state index contributed by atoms with van der Waals surface area (Å²) in [6, 6.07) is -0.760. The summed E-state index contributed by atoms with van der Waals surface area (Å²) in [7, 11) is 0. The topological polar surface area (TPSA) is 79.3 Å². The first-order valence-electron chi connectivity index (χ1n) is 6.96. The molecule has 1 heterocycles. The Kier molecular flexibility index (Phi) is 7.22. The maximum atomic E-state index is 11.7. The SMILES string of the molecule is CCCC[C@H](NC(=O)CCCc1nc(C)cs1)C(=O)O. The minimum absolute atomic E-state index is 0.193. The summed E-state index contributed by atoms with van der Waals surface area (Å²) in [6.45, 7) is 3.94. The number of aryl methyl sites for hydroxylation is 2. The van der Waals surface area contributed by atoms with E-state index in [4.69, 9.17) is 5.11 Å². The number of nitrogens with zero attached hydrogens (tertiary/aromatic N) is 1. The number of carbonyl (C=O) groups excluding carboxylic acids is 1. The van der Waals surface area contributed by atoms with Crippen molar-refractivity contribution in [2.24, 2.45) is 0 Å². The van der Waals surface area contributed by atoms with Gasteiger partial charge in [0.25, 0.3) is 0 Å². The fraction of sp³-hybridized carbons (Fsp3) is 0.643. The molecule has 0 saturated heterocycles. The van der Waals surface area contributed by atoms with Crippen LogP contribution in [0.4, 0.5) is 0 Å². The van der Waals surface area contributed by atoms with Gasteiger partial charge in [-0.25, -0.2) is 9.78 Å². The van der Waals surface area contributed by atoms with E-state index in [0.29, 0.717) is 19.3 Å². The summed E-state index contributed by atoms with van der Waals surface area (Å²) in [5.74, 6) is -1.15. The molecule has 5 nitrogen and oxygen atoms in total. The van der Waals surface area contributed by atoms with Crippen molar-refractivity contribution in [3.8, 4) is 0 Å². The molecule has 0 saturated carbocycles. The first kappa shape index (κ1) is 16.6. The maximum absolute atomic E-state index is 11.7. The van der Waals surface area contributed by atoms with E-state index in [9.17, 15) is 9.59 Å². The van der Waals surface area contributed by atoms with Crippen LogP contribution in [0.25, 0.3) is 0 Å². The molecule has 1 aromatic heterocycles. The second-order valence-electron chi connectivity index (χ2n) is 4.84. The van der Waals surface area contributed by atoms with Gasteiger partial charge >= 0.3 is 5.97 Å². The normalized spacial score (nSPS) is 12.1. The number of unbranched alkanes of at least 4 members (excludes halogenated alkanes) is 1. The molecule has 1 rings (SSSR count). The molecule has 0 bridgehead atoms. The lowest BCUT2D eigenvalue weighted by Gasteiger charge is -2.13. The van der Waals surface area contributed by atoms with Crippen LogP contribution in [0.1, 0.15) is 49.7 Å². The average molecular weight is 298 g/mol. The second kappa shape index (κ2) is 8.68. The lowest BCUT2D eigenvalue weighted by molar-refractivity contribution is -0.142. The highest BCUT2D eigenvalue weighted by Gasteiger charge is 2.18. The highest BCUT2D eigenvalue weighted by Crippen LogP contribution is 2.11. The zero-order valence-electron chi connectivity index (χ0n) is 12.0. The van der Waals surface area contributed by atoms with Crippen LogP contribution >= 0.6 is 11.3 Å². The number of thiazole rings is 1. The van der Waals surface area contributed by atoms with Crippen LogP contribution < -0.4 is 5.32 Å². The van der Waals surface area contributed by atoms with Crippen LogP contribution in [-0.2, 0) is 16.0 Å². The summed E-state index contributed by atoms with van der Waals surface area (Å²) < 4.78 is 0. The number of aromatic nitrogens is 1. The van der Waals surface area contributed by atoms with Gasteiger partial charge < -0.3 is 10.4 Å². The molecule has 6 heteroatoms. The van der Waals surface area contributed by atoms with E-state index in [2.05, 4.69) is 10.3 Å². The van der Waals surface area contributed by atoms with Gasteiger partial charge in [-0.1, -0.05) is 19.8 Å². The number of amides is 1. The first-order valence-corrected chi connectivity index (χ1v) is 7.84. The molecule has 1 aromatic rings. The first-order chi connectivity index (χ1) is 9.52. The summed E-state index contributed by atoms with van der Waals surface area (Å²) >= 11 is 1.59. The number of carboxylic acids is 1. The fourth-order valence-corrected chi connectivity index (χ4v) is 2.67. The number of aliphatic carboxylic acids is 1. The lowest BCUT2D eigenvalue weighted by Crippen LogP contribution is -2.40. The molecule has 1 amide bonds. The Bertz CT molecular complexity index is 445. The number of carbonyl (C=O) groups is 2. The Balaban J connectivity index is 2.28. The van der Waals surface area contributed by atoms with Crippen LogP contribution in [0.3, 0.4) is 0 Å². The van der Waals surface area contributed by atoms with Gasteiger partial charge in [-0.05, 0) is 26.2 Å². The predicted octanol–water partition coefficient (Wildman–Crippen LogP) is 2.53. The summed E-state index contributed by atoms with van der Waals surface area (Å²) in [5, 5.41) is 14.6. The van der Waals surface area contributed by atoms with E-state index in [-0.39, 0.29) is 5.91 Å². The number of nitrogens with one attached hydrogen (secondary N) is 1. The highest BCUT2D eigenvalue weighted by molar-refractivity contribution is 7.09. The highest BCUT2D eigenvalue weighted by atomic mass is 32.1. The Morgan fingerprint density at radius 3 is 2.75 bits per heavy atom. The zero-order chi connectivity index (χ0) is 15.0. The summed E-state index contributed by atoms with van der Waals surface area (Å²) in [4.78, 5) is 27.1. The molecule has 1 atom stereocenters. The van der Waals surface area contributed by atoms with Crippen molar-refractivity contribution in [1.82, 2.24) is 10.3 Å². The van der Waals surface area contributed by atoms with Crippen molar-refractivity contribution < 1.29 is 14.7 Å². The van der Waals surface area contributed by atoms with E-state index in [1.54, 1.807) is 11.3 Å². The molecule has 0 aromatic carbocycles. The van der Waals surface area contributed by atoms with Gasteiger partial charge in [-0.3, -0.25) is 4.79 Å². The minimum atomic E-state index is -0.956. The van der Waals surface area contributed by atoms with E-state index in [0.717, 1.165) is 30.0 Å². The Hall–Kier alpha value is -1.43. The van der Waals surface area contributed by atoms with Gasteiger partial charge in [0, 0.05) is 17.5 Å². The molecular weight excluding hydrogens is 276 g/mol. The Labute approximate surface area is 123 Å². The van der Waals surface area contributed by atoms with Crippen LogP contribution in [0.2, 0.25) is 0 Å². The zero-order valence-corrected chi connectivity index (χ0v) is 12.8. The van der Waals surface area contributed by atoms with Crippen LogP contribution in [0, 0.1) is 6.92 Å². The molecule has 0 aliphatic heterocycles. The summed E-state index contributed by atoms with van der Waals surface area (Å²) in [6.07, 6.45) is 4.01. The molecule has 0 radical (unpaired) electrons. The molecule has 0 unspecified atom stereocenters.